The molecule has 1 heterocycles. The lowest BCUT2D eigenvalue weighted by molar-refractivity contribution is -0.117. The van der Waals surface area contributed by atoms with Crippen LogP contribution in [0.4, 0.5) is 4.79 Å². The molecule has 2 rings (SSSR count). The number of rotatable bonds is 4. The predicted molar refractivity (Wildman–Crippen MR) is 76.7 cm³/mol. The van der Waals surface area contributed by atoms with Gasteiger partial charge in [0.25, 0.3) is 0 Å². The molecule has 1 aliphatic rings. The number of urea groups is 1. The number of ether oxygens (including phenoxy) is 2. The molecule has 0 atom stereocenters. The molecule has 22 heavy (non-hydrogen) atoms. The van der Waals surface area contributed by atoms with Gasteiger partial charge in [-0.05, 0) is 19.1 Å². The number of sulfone groups is 1. The highest BCUT2D eigenvalue weighted by atomic mass is 32.2. The van der Waals surface area contributed by atoms with E-state index in [0.717, 1.165) is 0 Å². The van der Waals surface area contributed by atoms with E-state index in [9.17, 15) is 18.0 Å². The maximum Gasteiger partial charge on any atom is 0.321 e. The Kier molecular flexibility index (Phi) is 4.86. The fourth-order valence-corrected chi connectivity index (χ4v) is 2.99. The minimum Gasteiger partial charge on any atom is -0.486 e. The summed E-state index contributed by atoms with van der Waals surface area (Å²) in [6.45, 7) is 2.73. The molecule has 120 valence electrons. The summed E-state index contributed by atoms with van der Waals surface area (Å²) in [6, 6.07) is 3.39. The third kappa shape index (κ3) is 3.88. The van der Waals surface area contributed by atoms with Gasteiger partial charge >= 0.3 is 6.03 Å². The first-order valence-corrected chi connectivity index (χ1v) is 8.27. The predicted octanol–water partition coefficient (Wildman–Crippen LogP) is 0.0772. The molecule has 0 bridgehead atoms. The fraction of sp³-hybridized carbons (Fsp3) is 0.385. The number of hydrogen-bond acceptors (Lipinski definition) is 6. The summed E-state index contributed by atoms with van der Waals surface area (Å²) in [7, 11) is -3.88. The minimum absolute atomic E-state index is 0.0669. The molecule has 1 aromatic carbocycles. The van der Waals surface area contributed by atoms with Crippen molar-refractivity contribution in [3.05, 3.63) is 18.2 Å². The lowest BCUT2D eigenvalue weighted by Gasteiger charge is -2.18. The molecule has 3 amide bonds. The number of benzene rings is 1. The van der Waals surface area contributed by atoms with Gasteiger partial charge < -0.3 is 14.8 Å². The van der Waals surface area contributed by atoms with Crippen molar-refractivity contribution in [3.8, 4) is 11.5 Å². The second-order valence-corrected chi connectivity index (χ2v) is 6.46. The number of carbonyl (C=O) groups is 2. The number of nitrogens with one attached hydrogen (secondary N) is 2. The molecule has 0 spiro atoms. The van der Waals surface area contributed by atoms with Crippen molar-refractivity contribution >= 4 is 21.8 Å². The Bertz CT molecular complexity index is 686. The summed E-state index contributed by atoms with van der Waals surface area (Å²) >= 11 is 0. The van der Waals surface area contributed by atoms with Gasteiger partial charge in [-0.1, -0.05) is 0 Å². The third-order valence-corrected chi connectivity index (χ3v) is 4.40. The molecule has 0 radical (unpaired) electrons. The van der Waals surface area contributed by atoms with Crippen molar-refractivity contribution < 1.29 is 27.5 Å². The number of imide groups is 1. The summed E-state index contributed by atoms with van der Waals surface area (Å²) in [5, 5.41) is 4.29. The SMILES string of the molecule is CCNC(=O)NC(=O)CS(=O)(=O)c1ccc2c(c1)OCCO2. The number of fused-ring (bicyclic) bond motifs is 1. The smallest absolute Gasteiger partial charge is 0.321 e. The van der Waals surface area contributed by atoms with E-state index in [2.05, 4.69) is 5.32 Å². The maximum atomic E-state index is 12.2. The van der Waals surface area contributed by atoms with Gasteiger partial charge in [0.15, 0.2) is 21.3 Å². The molecule has 0 saturated heterocycles. The Balaban J connectivity index is 2.10. The van der Waals surface area contributed by atoms with E-state index < -0.39 is 27.5 Å². The third-order valence-electron chi connectivity index (χ3n) is 2.78. The topological polar surface area (TPSA) is 111 Å². The molecule has 0 saturated carbocycles. The van der Waals surface area contributed by atoms with E-state index in [1.165, 1.54) is 18.2 Å². The Hall–Kier alpha value is -2.29. The van der Waals surface area contributed by atoms with Crippen LogP contribution in [0, 0.1) is 0 Å². The van der Waals surface area contributed by atoms with Crippen LogP contribution in [0.1, 0.15) is 6.92 Å². The van der Waals surface area contributed by atoms with Crippen LogP contribution in [0.5, 0.6) is 11.5 Å². The Labute approximate surface area is 127 Å². The average Bonchev–Trinajstić information content (AvgIpc) is 2.46. The second kappa shape index (κ2) is 6.65. The maximum absolute atomic E-state index is 12.2. The van der Waals surface area contributed by atoms with Gasteiger partial charge in [0.1, 0.15) is 19.0 Å². The quantitative estimate of drug-likeness (QED) is 0.809. The van der Waals surface area contributed by atoms with Crippen molar-refractivity contribution in [2.75, 3.05) is 25.5 Å². The molecule has 0 fully saturated rings. The van der Waals surface area contributed by atoms with E-state index in [1.54, 1.807) is 6.92 Å². The van der Waals surface area contributed by atoms with Crippen molar-refractivity contribution in [1.82, 2.24) is 10.6 Å². The lowest BCUT2D eigenvalue weighted by Crippen LogP contribution is -2.41. The highest BCUT2D eigenvalue weighted by Crippen LogP contribution is 2.32. The van der Waals surface area contributed by atoms with E-state index in [-0.39, 0.29) is 4.90 Å². The van der Waals surface area contributed by atoms with Gasteiger partial charge in [-0.15, -0.1) is 0 Å². The fourth-order valence-electron chi connectivity index (χ4n) is 1.84. The van der Waals surface area contributed by atoms with Crippen LogP contribution in [0.3, 0.4) is 0 Å². The molecular formula is C13H16N2O6S. The standard InChI is InChI=1S/C13H16N2O6S/c1-2-14-13(17)15-12(16)8-22(18,19)9-3-4-10-11(7-9)21-6-5-20-10/h3-4,7H,2,5-6,8H2,1H3,(H2,14,15,16,17). The first kappa shape index (κ1) is 16.1. The molecule has 8 nitrogen and oxygen atoms in total. The number of hydrogen-bond donors (Lipinski definition) is 2. The summed E-state index contributed by atoms with van der Waals surface area (Å²) in [5.41, 5.74) is 0. The van der Waals surface area contributed by atoms with E-state index in [0.29, 0.717) is 31.3 Å². The molecule has 2 N–H and O–H groups in total. The number of carbonyl (C=O) groups excluding carboxylic acids is 2. The van der Waals surface area contributed by atoms with E-state index in [1.807, 2.05) is 5.32 Å². The van der Waals surface area contributed by atoms with Gasteiger partial charge in [-0.25, -0.2) is 13.2 Å². The lowest BCUT2D eigenvalue weighted by atomic mass is 10.3. The van der Waals surface area contributed by atoms with Crippen molar-refractivity contribution in [2.24, 2.45) is 0 Å². The van der Waals surface area contributed by atoms with Crippen LogP contribution >= 0.6 is 0 Å². The van der Waals surface area contributed by atoms with Crippen molar-refractivity contribution in [3.63, 3.8) is 0 Å². The second-order valence-electron chi connectivity index (χ2n) is 4.47. The highest BCUT2D eigenvalue weighted by Gasteiger charge is 2.23. The summed E-state index contributed by atoms with van der Waals surface area (Å²) in [6.07, 6.45) is 0. The van der Waals surface area contributed by atoms with Crippen molar-refractivity contribution in [2.45, 2.75) is 11.8 Å². The zero-order chi connectivity index (χ0) is 16.2. The van der Waals surface area contributed by atoms with E-state index in [4.69, 9.17) is 9.47 Å². The summed E-state index contributed by atoms with van der Waals surface area (Å²) in [5.74, 6) is -0.960. The number of amides is 3. The molecule has 1 aromatic rings. The van der Waals surface area contributed by atoms with Crippen molar-refractivity contribution in [1.29, 1.82) is 0 Å². The largest absolute Gasteiger partial charge is 0.486 e. The first-order valence-electron chi connectivity index (χ1n) is 6.62. The van der Waals surface area contributed by atoms with Gasteiger partial charge in [0.2, 0.25) is 5.91 Å². The molecule has 9 heteroatoms. The normalized spacial score (nSPS) is 13.3. The van der Waals surface area contributed by atoms with E-state index >= 15 is 0 Å². The summed E-state index contributed by atoms with van der Waals surface area (Å²) < 4.78 is 35.0. The van der Waals surface area contributed by atoms with Crippen LogP contribution in [-0.4, -0.2) is 45.9 Å². The Morgan fingerprint density at radius 3 is 2.55 bits per heavy atom. The first-order chi connectivity index (χ1) is 10.4. The Morgan fingerprint density at radius 1 is 1.18 bits per heavy atom. The zero-order valence-corrected chi connectivity index (χ0v) is 12.7. The van der Waals surface area contributed by atoms with Crippen LogP contribution in [0.2, 0.25) is 0 Å². The molecule has 0 unspecified atom stereocenters. The van der Waals surface area contributed by atoms with Crippen LogP contribution < -0.4 is 20.1 Å². The van der Waals surface area contributed by atoms with Gasteiger partial charge in [0.05, 0.1) is 4.90 Å². The van der Waals surface area contributed by atoms with Crippen LogP contribution in [0.25, 0.3) is 0 Å². The van der Waals surface area contributed by atoms with Gasteiger partial charge in [0, 0.05) is 12.6 Å². The monoisotopic (exact) mass is 328 g/mol. The van der Waals surface area contributed by atoms with Crippen LogP contribution in [-0.2, 0) is 14.6 Å². The Morgan fingerprint density at radius 2 is 1.86 bits per heavy atom. The molecule has 0 aromatic heterocycles. The average molecular weight is 328 g/mol. The van der Waals surface area contributed by atoms with Gasteiger partial charge in [-0.2, -0.15) is 0 Å². The summed E-state index contributed by atoms with van der Waals surface area (Å²) in [4.78, 5) is 22.7. The van der Waals surface area contributed by atoms with Crippen LogP contribution in [0.15, 0.2) is 23.1 Å². The highest BCUT2D eigenvalue weighted by molar-refractivity contribution is 7.92. The molecular weight excluding hydrogens is 312 g/mol. The molecule has 0 aliphatic carbocycles. The zero-order valence-electron chi connectivity index (χ0n) is 11.9. The minimum atomic E-state index is -3.88. The molecule has 1 aliphatic heterocycles. The van der Waals surface area contributed by atoms with Gasteiger partial charge in [-0.3, -0.25) is 10.1 Å².